The van der Waals surface area contributed by atoms with E-state index >= 15 is 0 Å². The van der Waals surface area contributed by atoms with E-state index in [1.165, 1.54) is 0 Å². The number of carbonyl (C=O) groups excluding carboxylic acids is 2. The molecule has 4 rings (SSSR count). The van der Waals surface area contributed by atoms with E-state index in [1.807, 2.05) is 53.2 Å². The average Bonchev–Trinajstić information content (AvgIpc) is 3.16. The Morgan fingerprint density at radius 2 is 1.84 bits per heavy atom. The quantitative estimate of drug-likeness (QED) is 0.433. The highest BCUT2D eigenvalue weighted by Gasteiger charge is 2.19. The van der Waals surface area contributed by atoms with Crippen LogP contribution in [0.3, 0.4) is 0 Å². The summed E-state index contributed by atoms with van der Waals surface area (Å²) in [4.78, 5) is 27.2. The first-order valence-corrected chi connectivity index (χ1v) is 11.0. The van der Waals surface area contributed by atoms with Crippen LogP contribution in [0.2, 0.25) is 0 Å². The summed E-state index contributed by atoms with van der Waals surface area (Å²) in [6.07, 6.45) is 3.37. The Labute approximate surface area is 194 Å². The number of hydrogen-bond donors (Lipinski definition) is 1. The van der Waals surface area contributed by atoms with Crippen molar-refractivity contribution in [1.82, 2.24) is 9.47 Å². The zero-order valence-corrected chi connectivity index (χ0v) is 18.8. The minimum Gasteiger partial charge on any atom is -0.378 e. The molecule has 1 aliphatic heterocycles. The second-order valence-electron chi connectivity index (χ2n) is 7.35. The number of morpholine rings is 1. The number of aromatic nitrogens is 1. The first-order chi connectivity index (χ1) is 15.5. The van der Waals surface area contributed by atoms with Gasteiger partial charge in [-0.3, -0.25) is 9.59 Å². The van der Waals surface area contributed by atoms with Gasteiger partial charge in [-0.1, -0.05) is 34.1 Å². The van der Waals surface area contributed by atoms with E-state index in [1.54, 1.807) is 23.1 Å². The highest BCUT2D eigenvalue weighted by molar-refractivity contribution is 9.10. The summed E-state index contributed by atoms with van der Waals surface area (Å²) in [6, 6.07) is 16.7. The normalized spacial score (nSPS) is 14.2. The minimum absolute atomic E-state index is 0.0121. The number of rotatable bonds is 5. The maximum Gasteiger partial charge on any atom is 0.266 e. The molecule has 2 aromatic carbocycles. The molecule has 0 saturated carbocycles. The lowest BCUT2D eigenvalue weighted by molar-refractivity contribution is -0.135. The molecule has 1 aromatic heterocycles. The van der Waals surface area contributed by atoms with Crippen molar-refractivity contribution < 1.29 is 14.3 Å². The van der Waals surface area contributed by atoms with Gasteiger partial charge in [-0.15, -0.1) is 0 Å². The van der Waals surface area contributed by atoms with Gasteiger partial charge in [0.15, 0.2) is 0 Å². The SMILES string of the molecule is N#CC(=Cc1cn(CC(=O)N2CCOCC2)c2ccccc12)C(=O)Nc1ccc(Br)cc1. The van der Waals surface area contributed by atoms with E-state index in [9.17, 15) is 14.9 Å². The van der Waals surface area contributed by atoms with Crippen LogP contribution in [-0.2, 0) is 20.9 Å². The van der Waals surface area contributed by atoms with Gasteiger partial charge in [0.2, 0.25) is 5.91 Å². The number of halogens is 1. The molecule has 0 radical (unpaired) electrons. The number of nitriles is 1. The van der Waals surface area contributed by atoms with Gasteiger partial charge in [-0.25, -0.2) is 0 Å². The predicted octanol–water partition coefficient (Wildman–Crippen LogP) is 3.81. The fraction of sp³-hybridized carbons (Fsp3) is 0.208. The van der Waals surface area contributed by atoms with Crippen molar-refractivity contribution >= 4 is 50.4 Å². The molecule has 162 valence electrons. The van der Waals surface area contributed by atoms with Crippen LogP contribution in [0.15, 0.2) is 64.8 Å². The zero-order valence-electron chi connectivity index (χ0n) is 17.3. The van der Waals surface area contributed by atoms with Gasteiger partial charge in [0.25, 0.3) is 5.91 Å². The number of amides is 2. The molecule has 1 fully saturated rings. The molecule has 0 bridgehead atoms. The molecule has 0 atom stereocenters. The monoisotopic (exact) mass is 492 g/mol. The molecule has 7 nitrogen and oxygen atoms in total. The lowest BCUT2D eigenvalue weighted by Crippen LogP contribution is -2.42. The third-order valence-electron chi connectivity index (χ3n) is 5.26. The van der Waals surface area contributed by atoms with E-state index in [-0.39, 0.29) is 18.0 Å². The van der Waals surface area contributed by atoms with Crippen LogP contribution in [-0.4, -0.2) is 47.6 Å². The van der Waals surface area contributed by atoms with Crippen molar-refractivity contribution in [2.75, 3.05) is 31.6 Å². The van der Waals surface area contributed by atoms with Gasteiger partial charge in [0, 0.05) is 45.9 Å². The lowest BCUT2D eigenvalue weighted by atomic mass is 10.1. The Bertz CT molecular complexity index is 1220. The van der Waals surface area contributed by atoms with E-state index in [0.717, 1.165) is 15.4 Å². The molecule has 8 heteroatoms. The molecular formula is C24H21BrN4O3. The summed E-state index contributed by atoms with van der Waals surface area (Å²) in [5.41, 5.74) is 2.15. The van der Waals surface area contributed by atoms with Crippen LogP contribution in [0.5, 0.6) is 0 Å². The summed E-state index contributed by atoms with van der Waals surface area (Å²) >= 11 is 3.35. The van der Waals surface area contributed by atoms with Gasteiger partial charge in [0.05, 0.1) is 13.2 Å². The van der Waals surface area contributed by atoms with Gasteiger partial charge in [-0.05, 0) is 36.4 Å². The first kappa shape index (κ1) is 21.8. The Morgan fingerprint density at radius 1 is 1.12 bits per heavy atom. The maximum absolute atomic E-state index is 12.7. The molecule has 2 amide bonds. The molecule has 32 heavy (non-hydrogen) atoms. The van der Waals surface area contributed by atoms with Crippen molar-refractivity contribution in [2.24, 2.45) is 0 Å². The number of fused-ring (bicyclic) bond motifs is 1. The number of anilines is 1. The molecule has 3 aromatic rings. The Balaban J connectivity index is 1.60. The molecule has 0 unspecified atom stereocenters. The fourth-order valence-corrected chi connectivity index (χ4v) is 3.88. The standard InChI is InChI=1S/C24H21BrN4O3/c25-19-5-7-20(8-6-19)27-24(31)17(14-26)13-18-15-29(22-4-2-1-3-21(18)22)16-23(30)28-9-11-32-12-10-28/h1-8,13,15H,9-12,16H2,(H,27,31). The first-order valence-electron chi connectivity index (χ1n) is 10.2. The number of nitrogens with zero attached hydrogens (tertiary/aromatic N) is 3. The molecule has 1 saturated heterocycles. The minimum atomic E-state index is -0.490. The summed E-state index contributed by atoms with van der Waals surface area (Å²) in [6.45, 7) is 2.44. The van der Waals surface area contributed by atoms with Crippen molar-refractivity contribution in [3.8, 4) is 6.07 Å². The molecule has 0 aliphatic carbocycles. The molecule has 1 aliphatic rings. The number of benzene rings is 2. The number of hydrogen-bond acceptors (Lipinski definition) is 4. The van der Waals surface area contributed by atoms with Gasteiger partial charge >= 0.3 is 0 Å². The third kappa shape index (κ3) is 4.90. The van der Waals surface area contributed by atoms with Crippen LogP contribution in [0, 0.1) is 11.3 Å². The molecule has 1 N–H and O–H groups in total. The average molecular weight is 493 g/mol. The largest absolute Gasteiger partial charge is 0.378 e. The highest BCUT2D eigenvalue weighted by Crippen LogP contribution is 2.24. The maximum atomic E-state index is 12.7. The van der Waals surface area contributed by atoms with E-state index in [4.69, 9.17) is 4.74 Å². The Morgan fingerprint density at radius 3 is 2.56 bits per heavy atom. The van der Waals surface area contributed by atoms with Crippen molar-refractivity contribution in [3.05, 3.63) is 70.3 Å². The fourth-order valence-electron chi connectivity index (χ4n) is 3.62. The third-order valence-corrected chi connectivity index (χ3v) is 5.78. The van der Waals surface area contributed by atoms with Gasteiger partial charge < -0.3 is 19.5 Å². The summed E-state index contributed by atoms with van der Waals surface area (Å²) in [5.74, 6) is -0.478. The van der Waals surface area contributed by atoms with Gasteiger partial charge in [0.1, 0.15) is 18.2 Å². The van der Waals surface area contributed by atoms with Crippen molar-refractivity contribution in [3.63, 3.8) is 0 Å². The Kier molecular flexibility index (Phi) is 6.69. The zero-order chi connectivity index (χ0) is 22.5. The van der Waals surface area contributed by atoms with Gasteiger partial charge in [-0.2, -0.15) is 5.26 Å². The number of nitrogens with one attached hydrogen (secondary N) is 1. The lowest BCUT2D eigenvalue weighted by Gasteiger charge is -2.27. The van der Waals surface area contributed by atoms with Crippen molar-refractivity contribution in [1.29, 1.82) is 5.26 Å². The smallest absolute Gasteiger partial charge is 0.266 e. The molecule has 2 heterocycles. The Hall–Kier alpha value is -3.41. The summed E-state index contributed by atoms with van der Waals surface area (Å²) in [7, 11) is 0. The second kappa shape index (κ2) is 9.81. The molecular weight excluding hydrogens is 472 g/mol. The number of para-hydroxylation sites is 1. The van der Waals surface area contributed by atoms with Crippen LogP contribution in [0.4, 0.5) is 5.69 Å². The topological polar surface area (TPSA) is 87.4 Å². The number of carbonyl (C=O) groups is 2. The van der Waals surface area contributed by atoms with Crippen molar-refractivity contribution in [2.45, 2.75) is 6.54 Å². The molecule has 0 spiro atoms. The predicted molar refractivity (Wildman–Crippen MR) is 126 cm³/mol. The highest BCUT2D eigenvalue weighted by atomic mass is 79.9. The van der Waals surface area contributed by atoms with Crippen LogP contribution < -0.4 is 5.32 Å². The summed E-state index contributed by atoms with van der Waals surface area (Å²) in [5, 5.41) is 13.2. The van der Waals surface area contributed by atoms with E-state index < -0.39 is 5.91 Å². The second-order valence-corrected chi connectivity index (χ2v) is 8.27. The van der Waals surface area contributed by atoms with E-state index in [0.29, 0.717) is 37.6 Å². The van der Waals surface area contributed by atoms with Crippen LogP contribution in [0.1, 0.15) is 5.56 Å². The summed E-state index contributed by atoms with van der Waals surface area (Å²) < 4.78 is 8.08. The number of ether oxygens (including phenoxy) is 1. The van der Waals surface area contributed by atoms with E-state index in [2.05, 4.69) is 21.2 Å². The van der Waals surface area contributed by atoms with Crippen LogP contribution >= 0.6 is 15.9 Å². The van der Waals surface area contributed by atoms with Crippen LogP contribution in [0.25, 0.3) is 17.0 Å².